The van der Waals surface area contributed by atoms with Crippen molar-refractivity contribution in [3.63, 3.8) is 0 Å². The highest BCUT2D eigenvalue weighted by atomic mass is 32.2. The maximum Gasteiger partial charge on any atom is 0.337 e. The minimum atomic E-state index is -3.63. The van der Waals surface area contributed by atoms with Crippen LogP contribution in [0.3, 0.4) is 0 Å². The molecule has 3 aliphatic rings. The Morgan fingerprint density at radius 1 is 1.44 bits per heavy atom. The van der Waals surface area contributed by atoms with Crippen molar-refractivity contribution in [2.24, 2.45) is 11.8 Å². The Labute approximate surface area is 92.0 Å². The maximum atomic E-state index is 12.1. The summed E-state index contributed by atoms with van der Waals surface area (Å²) in [6.07, 6.45) is 0.320. The smallest absolute Gasteiger partial charge is 0.337 e. The van der Waals surface area contributed by atoms with Gasteiger partial charge in [0, 0.05) is 11.8 Å². The summed E-state index contributed by atoms with van der Waals surface area (Å²) in [6.45, 7) is -1.22. The van der Waals surface area contributed by atoms with E-state index in [1.807, 2.05) is 0 Å². The molecule has 1 aliphatic heterocycles. The second-order valence-electron chi connectivity index (χ2n) is 4.58. The molecule has 2 saturated carbocycles. The van der Waals surface area contributed by atoms with Crippen LogP contribution in [0.1, 0.15) is 12.8 Å². The van der Waals surface area contributed by atoms with Crippen molar-refractivity contribution in [3.8, 4) is 0 Å². The van der Waals surface area contributed by atoms with Crippen LogP contribution < -0.4 is 0 Å². The van der Waals surface area contributed by atoms with Crippen molar-refractivity contribution in [2.45, 2.75) is 30.3 Å². The zero-order valence-electron chi connectivity index (χ0n) is 8.34. The van der Waals surface area contributed by atoms with Gasteiger partial charge in [-0.3, -0.25) is 4.18 Å². The standard InChI is InChI=1S/C9H11FO5S/c10-3-7(11)14-8-4-1-5-6(2-4)15-16(12,13)9(5)8/h4-6,8-9H,1-3H2. The van der Waals surface area contributed by atoms with Crippen LogP contribution in [0.5, 0.6) is 0 Å². The first-order valence-electron chi connectivity index (χ1n) is 5.20. The molecule has 90 valence electrons. The van der Waals surface area contributed by atoms with E-state index in [9.17, 15) is 17.6 Å². The molecule has 0 aromatic rings. The van der Waals surface area contributed by atoms with Crippen LogP contribution in [0.15, 0.2) is 0 Å². The Bertz CT molecular complexity index is 431. The maximum absolute atomic E-state index is 12.1. The molecule has 2 aliphatic carbocycles. The van der Waals surface area contributed by atoms with Crippen LogP contribution in [0.25, 0.3) is 0 Å². The molecule has 3 rings (SSSR count). The quantitative estimate of drug-likeness (QED) is 0.510. The van der Waals surface area contributed by atoms with Crippen LogP contribution in [0, 0.1) is 11.8 Å². The molecule has 5 nitrogen and oxygen atoms in total. The van der Waals surface area contributed by atoms with Crippen LogP contribution in [0.4, 0.5) is 4.39 Å². The Kier molecular flexibility index (Phi) is 2.07. The zero-order chi connectivity index (χ0) is 11.5. The number of esters is 1. The molecule has 0 N–H and O–H groups in total. The number of hydrogen-bond acceptors (Lipinski definition) is 5. The van der Waals surface area contributed by atoms with E-state index in [-0.39, 0.29) is 17.9 Å². The van der Waals surface area contributed by atoms with Crippen molar-refractivity contribution in [1.29, 1.82) is 0 Å². The first-order chi connectivity index (χ1) is 7.53. The lowest BCUT2D eigenvalue weighted by Gasteiger charge is -2.24. The van der Waals surface area contributed by atoms with Gasteiger partial charge in [-0.2, -0.15) is 8.42 Å². The van der Waals surface area contributed by atoms with Gasteiger partial charge >= 0.3 is 5.97 Å². The highest BCUT2D eigenvalue weighted by molar-refractivity contribution is 7.87. The van der Waals surface area contributed by atoms with Crippen LogP contribution in [0.2, 0.25) is 0 Å². The largest absolute Gasteiger partial charge is 0.459 e. The first kappa shape index (κ1) is 10.5. The van der Waals surface area contributed by atoms with Crippen molar-refractivity contribution in [1.82, 2.24) is 0 Å². The van der Waals surface area contributed by atoms with Gasteiger partial charge in [-0.25, -0.2) is 9.18 Å². The molecular formula is C9H11FO5S. The van der Waals surface area contributed by atoms with Gasteiger partial charge in [-0.1, -0.05) is 0 Å². The van der Waals surface area contributed by atoms with Gasteiger partial charge in [0.1, 0.15) is 11.4 Å². The Morgan fingerprint density at radius 3 is 2.88 bits per heavy atom. The van der Waals surface area contributed by atoms with E-state index in [2.05, 4.69) is 0 Å². The SMILES string of the molecule is O=C(CF)OC1C2CC3OS(=O)(=O)C1C3C2. The van der Waals surface area contributed by atoms with E-state index in [4.69, 9.17) is 8.92 Å². The minimum absolute atomic E-state index is 0.00720. The predicted octanol–water partition coefficient (Wildman–Crippen LogP) is 0.00470. The van der Waals surface area contributed by atoms with Crippen molar-refractivity contribution in [3.05, 3.63) is 0 Å². The molecule has 0 aromatic carbocycles. The van der Waals surface area contributed by atoms with Crippen molar-refractivity contribution < 1.29 is 26.5 Å². The second kappa shape index (κ2) is 3.16. The molecule has 2 bridgehead atoms. The zero-order valence-corrected chi connectivity index (χ0v) is 9.15. The Morgan fingerprint density at radius 2 is 2.19 bits per heavy atom. The molecule has 1 saturated heterocycles. The van der Waals surface area contributed by atoms with E-state index in [1.165, 1.54) is 0 Å². The number of hydrogen-bond donors (Lipinski definition) is 0. The summed E-state index contributed by atoms with van der Waals surface area (Å²) in [4.78, 5) is 10.9. The van der Waals surface area contributed by atoms with Gasteiger partial charge in [-0.05, 0) is 12.8 Å². The molecule has 5 unspecified atom stereocenters. The van der Waals surface area contributed by atoms with Crippen LogP contribution in [-0.4, -0.2) is 38.5 Å². The van der Waals surface area contributed by atoms with E-state index in [0.717, 1.165) is 0 Å². The third-order valence-corrected chi connectivity index (χ3v) is 5.57. The lowest BCUT2D eigenvalue weighted by atomic mass is 9.95. The van der Waals surface area contributed by atoms with Gasteiger partial charge in [0.25, 0.3) is 10.1 Å². The second-order valence-corrected chi connectivity index (χ2v) is 6.30. The lowest BCUT2D eigenvalue weighted by Crippen LogP contribution is -2.39. The molecule has 7 heteroatoms. The molecule has 0 amide bonds. The number of fused-ring (bicyclic) bond motifs is 1. The summed E-state index contributed by atoms with van der Waals surface area (Å²) >= 11 is 0. The van der Waals surface area contributed by atoms with Crippen molar-refractivity contribution in [2.75, 3.05) is 6.67 Å². The van der Waals surface area contributed by atoms with Gasteiger partial charge in [0.05, 0.1) is 6.10 Å². The molecule has 16 heavy (non-hydrogen) atoms. The number of alkyl halides is 1. The minimum Gasteiger partial charge on any atom is -0.459 e. The summed E-state index contributed by atoms with van der Waals surface area (Å²) in [6, 6.07) is 0. The normalized spacial score (nSPS) is 47.2. The molecule has 1 heterocycles. The van der Waals surface area contributed by atoms with E-state index >= 15 is 0 Å². The summed E-state index contributed by atoms with van der Waals surface area (Å²) in [5.41, 5.74) is 0. The molecule has 3 fully saturated rings. The summed E-state index contributed by atoms with van der Waals surface area (Å²) in [5, 5.41) is -0.772. The number of ether oxygens (including phenoxy) is 1. The predicted molar refractivity (Wildman–Crippen MR) is 49.6 cm³/mol. The Hall–Kier alpha value is -0.690. The number of carbonyl (C=O) groups is 1. The average Bonchev–Trinajstić information content (AvgIpc) is 2.77. The topological polar surface area (TPSA) is 69.7 Å². The first-order valence-corrected chi connectivity index (χ1v) is 6.67. The number of carbonyl (C=O) groups excluding carboxylic acids is 1. The number of rotatable bonds is 2. The van der Waals surface area contributed by atoms with Gasteiger partial charge in [-0.15, -0.1) is 0 Å². The lowest BCUT2D eigenvalue weighted by molar-refractivity contribution is -0.152. The molecule has 0 spiro atoms. The Balaban J connectivity index is 1.89. The highest BCUT2D eigenvalue weighted by Crippen LogP contribution is 2.55. The number of halogens is 1. The van der Waals surface area contributed by atoms with Gasteiger partial charge < -0.3 is 4.74 Å². The third kappa shape index (κ3) is 1.24. The molecule has 0 aromatic heterocycles. The van der Waals surface area contributed by atoms with E-state index in [0.29, 0.717) is 12.8 Å². The van der Waals surface area contributed by atoms with E-state index < -0.39 is 34.1 Å². The monoisotopic (exact) mass is 250 g/mol. The summed E-state index contributed by atoms with van der Waals surface area (Å²) in [5.74, 6) is -1.06. The average molecular weight is 250 g/mol. The van der Waals surface area contributed by atoms with Gasteiger partial charge in [0.15, 0.2) is 6.67 Å². The molecule has 5 atom stereocenters. The van der Waals surface area contributed by atoms with Crippen molar-refractivity contribution >= 4 is 16.1 Å². The summed E-state index contributed by atoms with van der Waals surface area (Å²) in [7, 11) is -3.63. The fourth-order valence-corrected chi connectivity index (χ4v) is 5.28. The van der Waals surface area contributed by atoms with E-state index in [1.54, 1.807) is 0 Å². The molecular weight excluding hydrogens is 239 g/mol. The summed E-state index contributed by atoms with van der Waals surface area (Å²) < 4.78 is 45.2. The van der Waals surface area contributed by atoms with Crippen LogP contribution >= 0.6 is 0 Å². The van der Waals surface area contributed by atoms with Gasteiger partial charge in [0.2, 0.25) is 0 Å². The highest BCUT2D eigenvalue weighted by Gasteiger charge is 2.65. The molecule has 0 radical (unpaired) electrons. The fraction of sp³-hybridized carbons (Fsp3) is 0.889. The van der Waals surface area contributed by atoms with Crippen LogP contribution in [-0.2, 0) is 23.8 Å². The fourth-order valence-electron chi connectivity index (χ4n) is 3.27. The third-order valence-electron chi connectivity index (χ3n) is 3.77.